The summed E-state index contributed by atoms with van der Waals surface area (Å²) in [6.07, 6.45) is 0. The van der Waals surface area contributed by atoms with Crippen LogP contribution in [0.2, 0.25) is 0 Å². The van der Waals surface area contributed by atoms with Crippen LogP contribution in [0, 0.1) is 11.8 Å². The maximum absolute atomic E-state index is 11.0. The highest BCUT2D eigenvalue weighted by Crippen LogP contribution is 2.19. The SMILES string of the molecule is COC(=O)C#Cc1ccccc1Nc1ccccc1. The Morgan fingerprint density at radius 3 is 2.47 bits per heavy atom. The molecule has 0 heterocycles. The molecule has 2 rings (SSSR count). The van der Waals surface area contributed by atoms with Gasteiger partial charge in [0.2, 0.25) is 0 Å². The van der Waals surface area contributed by atoms with Gasteiger partial charge in [-0.05, 0) is 24.3 Å². The predicted molar refractivity (Wildman–Crippen MR) is 75.1 cm³/mol. The average Bonchev–Trinajstić information content (AvgIpc) is 2.47. The van der Waals surface area contributed by atoms with E-state index in [0.29, 0.717) is 0 Å². The number of ether oxygens (including phenoxy) is 1. The lowest BCUT2D eigenvalue weighted by atomic mass is 10.1. The summed E-state index contributed by atoms with van der Waals surface area (Å²) in [5.74, 6) is 4.67. The Labute approximate surface area is 112 Å². The molecule has 3 nitrogen and oxygen atoms in total. The molecule has 0 aliphatic heterocycles. The monoisotopic (exact) mass is 251 g/mol. The van der Waals surface area contributed by atoms with E-state index >= 15 is 0 Å². The van der Waals surface area contributed by atoms with Crippen LogP contribution >= 0.6 is 0 Å². The van der Waals surface area contributed by atoms with E-state index in [1.165, 1.54) is 7.11 Å². The number of para-hydroxylation sites is 2. The molecule has 0 fully saturated rings. The van der Waals surface area contributed by atoms with Gasteiger partial charge in [0.15, 0.2) is 0 Å². The van der Waals surface area contributed by atoms with Crippen molar-refractivity contribution in [3.63, 3.8) is 0 Å². The number of hydrogen-bond acceptors (Lipinski definition) is 3. The zero-order valence-electron chi connectivity index (χ0n) is 10.5. The Morgan fingerprint density at radius 1 is 1.05 bits per heavy atom. The zero-order chi connectivity index (χ0) is 13.5. The van der Waals surface area contributed by atoms with Gasteiger partial charge in [0.1, 0.15) is 0 Å². The Bertz CT molecular complexity index is 624. The molecule has 0 bridgehead atoms. The highest BCUT2D eigenvalue weighted by molar-refractivity contribution is 5.89. The highest BCUT2D eigenvalue weighted by Gasteiger charge is 1.99. The minimum atomic E-state index is -0.547. The van der Waals surface area contributed by atoms with Crippen molar-refractivity contribution in [2.24, 2.45) is 0 Å². The van der Waals surface area contributed by atoms with E-state index in [4.69, 9.17) is 0 Å². The van der Waals surface area contributed by atoms with E-state index in [1.54, 1.807) is 0 Å². The van der Waals surface area contributed by atoms with Crippen molar-refractivity contribution < 1.29 is 9.53 Å². The largest absolute Gasteiger partial charge is 0.459 e. The Hall–Kier alpha value is -2.73. The standard InChI is InChI=1S/C16H13NO2/c1-19-16(18)12-11-13-7-5-6-10-15(13)17-14-8-3-2-4-9-14/h2-10,17H,1H3. The van der Waals surface area contributed by atoms with Crippen LogP contribution in [0.4, 0.5) is 11.4 Å². The fourth-order valence-corrected chi connectivity index (χ4v) is 1.55. The molecule has 0 unspecified atom stereocenters. The summed E-state index contributed by atoms with van der Waals surface area (Å²) >= 11 is 0. The lowest BCUT2D eigenvalue weighted by Gasteiger charge is -2.08. The van der Waals surface area contributed by atoms with Crippen LogP contribution in [0.5, 0.6) is 0 Å². The van der Waals surface area contributed by atoms with Crippen molar-refractivity contribution in [3.05, 3.63) is 60.2 Å². The van der Waals surface area contributed by atoms with E-state index in [2.05, 4.69) is 21.9 Å². The van der Waals surface area contributed by atoms with Crippen molar-refractivity contribution >= 4 is 17.3 Å². The predicted octanol–water partition coefficient (Wildman–Crippen LogP) is 2.95. The van der Waals surface area contributed by atoms with Crippen molar-refractivity contribution in [1.29, 1.82) is 0 Å². The first-order valence-electron chi connectivity index (χ1n) is 5.80. The molecule has 0 spiro atoms. The van der Waals surface area contributed by atoms with Crippen LogP contribution in [0.25, 0.3) is 0 Å². The normalized spacial score (nSPS) is 9.11. The Kier molecular flexibility index (Phi) is 4.20. The van der Waals surface area contributed by atoms with Crippen molar-refractivity contribution in [1.82, 2.24) is 0 Å². The van der Waals surface area contributed by atoms with Gasteiger partial charge in [-0.2, -0.15) is 0 Å². The van der Waals surface area contributed by atoms with Gasteiger partial charge in [-0.3, -0.25) is 0 Å². The topological polar surface area (TPSA) is 38.3 Å². The molecule has 0 radical (unpaired) electrons. The van der Waals surface area contributed by atoms with Crippen LogP contribution in [-0.2, 0) is 9.53 Å². The molecule has 0 atom stereocenters. The Morgan fingerprint density at radius 2 is 1.74 bits per heavy atom. The number of hydrogen-bond donors (Lipinski definition) is 1. The summed E-state index contributed by atoms with van der Waals surface area (Å²) in [6, 6.07) is 17.3. The van der Waals surface area contributed by atoms with E-state index in [1.807, 2.05) is 54.6 Å². The summed E-state index contributed by atoms with van der Waals surface area (Å²) in [7, 11) is 1.31. The minimum Gasteiger partial charge on any atom is -0.459 e. The van der Waals surface area contributed by atoms with Gasteiger partial charge >= 0.3 is 5.97 Å². The third kappa shape index (κ3) is 3.62. The second kappa shape index (κ2) is 6.27. The molecule has 0 saturated heterocycles. The van der Waals surface area contributed by atoms with Crippen molar-refractivity contribution in [3.8, 4) is 11.8 Å². The number of esters is 1. The fraction of sp³-hybridized carbons (Fsp3) is 0.0625. The van der Waals surface area contributed by atoms with Gasteiger partial charge in [0.25, 0.3) is 0 Å². The first-order valence-corrected chi connectivity index (χ1v) is 5.80. The van der Waals surface area contributed by atoms with Crippen LogP contribution in [0.3, 0.4) is 0 Å². The zero-order valence-corrected chi connectivity index (χ0v) is 10.5. The smallest absolute Gasteiger partial charge is 0.384 e. The van der Waals surface area contributed by atoms with Gasteiger partial charge in [-0.1, -0.05) is 36.3 Å². The van der Waals surface area contributed by atoms with E-state index in [0.717, 1.165) is 16.9 Å². The lowest BCUT2D eigenvalue weighted by molar-refractivity contribution is -0.133. The maximum atomic E-state index is 11.0. The molecule has 0 aliphatic carbocycles. The van der Waals surface area contributed by atoms with Crippen LogP contribution in [0.1, 0.15) is 5.56 Å². The molecule has 0 saturated carbocycles. The van der Waals surface area contributed by atoms with Crippen LogP contribution < -0.4 is 5.32 Å². The molecule has 1 N–H and O–H groups in total. The van der Waals surface area contributed by atoms with Crippen molar-refractivity contribution in [2.75, 3.05) is 12.4 Å². The fourth-order valence-electron chi connectivity index (χ4n) is 1.55. The second-order valence-electron chi connectivity index (χ2n) is 3.78. The van der Waals surface area contributed by atoms with E-state index in [9.17, 15) is 4.79 Å². The van der Waals surface area contributed by atoms with Crippen LogP contribution in [-0.4, -0.2) is 13.1 Å². The number of rotatable bonds is 2. The number of methoxy groups -OCH3 is 1. The molecular formula is C16H13NO2. The second-order valence-corrected chi connectivity index (χ2v) is 3.78. The third-order valence-electron chi connectivity index (χ3n) is 2.46. The van der Waals surface area contributed by atoms with Crippen LogP contribution in [0.15, 0.2) is 54.6 Å². The third-order valence-corrected chi connectivity index (χ3v) is 2.46. The molecule has 3 heteroatoms. The Balaban J connectivity index is 2.26. The summed E-state index contributed by atoms with van der Waals surface area (Å²) in [6.45, 7) is 0. The number of nitrogens with one attached hydrogen (secondary N) is 1. The maximum Gasteiger partial charge on any atom is 0.384 e. The quantitative estimate of drug-likeness (QED) is 0.658. The van der Waals surface area contributed by atoms with Gasteiger partial charge in [0.05, 0.1) is 12.8 Å². The summed E-state index contributed by atoms with van der Waals surface area (Å²) in [5.41, 5.74) is 2.57. The van der Waals surface area contributed by atoms with Crippen molar-refractivity contribution in [2.45, 2.75) is 0 Å². The molecule has 2 aromatic rings. The van der Waals surface area contributed by atoms with Gasteiger partial charge in [0, 0.05) is 17.2 Å². The highest BCUT2D eigenvalue weighted by atomic mass is 16.5. The summed E-state index contributed by atoms with van der Waals surface area (Å²) in [4.78, 5) is 11.0. The molecular weight excluding hydrogens is 238 g/mol. The van der Waals surface area contributed by atoms with Gasteiger partial charge in [-0.25, -0.2) is 4.79 Å². The minimum absolute atomic E-state index is 0.547. The number of carbonyl (C=O) groups is 1. The average molecular weight is 251 g/mol. The number of benzene rings is 2. The first-order chi connectivity index (χ1) is 9.29. The molecule has 0 aliphatic rings. The van der Waals surface area contributed by atoms with E-state index < -0.39 is 5.97 Å². The number of carbonyl (C=O) groups excluding carboxylic acids is 1. The summed E-state index contributed by atoms with van der Waals surface area (Å²) < 4.78 is 4.50. The van der Waals surface area contributed by atoms with Gasteiger partial charge in [-0.15, -0.1) is 0 Å². The summed E-state index contributed by atoms with van der Waals surface area (Å²) in [5, 5.41) is 3.26. The molecule has 0 amide bonds. The molecule has 0 aromatic heterocycles. The van der Waals surface area contributed by atoms with Gasteiger partial charge < -0.3 is 10.1 Å². The molecule has 19 heavy (non-hydrogen) atoms. The van der Waals surface area contributed by atoms with E-state index in [-0.39, 0.29) is 0 Å². The lowest BCUT2D eigenvalue weighted by Crippen LogP contribution is -1.96. The molecule has 94 valence electrons. The number of anilines is 2. The first kappa shape index (κ1) is 12.7. The molecule has 2 aromatic carbocycles.